The summed E-state index contributed by atoms with van der Waals surface area (Å²) in [6, 6.07) is 0. The van der Waals surface area contributed by atoms with Gasteiger partial charge in [-0.25, -0.2) is 4.79 Å². The van der Waals surface area contributed by atoms with E-state index >= 15 is 0 Å². The van der Waals surface area contributed by atoms with Crippen LogP contribution in [-0.4, -0.2) is 23.4 Å². The summed E-state index contributed by atoms with van der Waals surface area (Å²) < 4.78 is 71.8. The fraction of sp³-hybridized carbons (Fsp3) is 0.571. The minimum Gasteiger partial charge on any atom is -0.478 e. The summed E-state index contributed by atoms with van der Waals surface area (Å²) in [6.45, 7) is 0.904. The van der Waals surface area contributed by atoms with Crippen molar-refractivity contribution < 1.29 is 36.2 Å². The lowest BCUT2D eigenvalue weighted by atomic mass is 10.1. The first-order valence-corrected chi connectivity index (χ1v) is 3.62. The molecule has 0 bridgehead atoms. The monoisotopic (exact) mass is 236 g/mol. The number of carboxylic acids is 1. The Bertz CT molecular complexity index is 269. The van der Waals surface area contributed by atoms with Crippen LogP contribution < -0.4 is 0 Å². The fourth-order valence-corrected chi connectivity index (χ4v) is 0.938. The first-order valence-electron chi connectivity index (χ1n) is 3.62. The molecule has 0 radical (unpaired) electrons. The van der Waals surface area contributed by atoms with Crippen molar-refractivity contribution in [3.8, 4) is 0 Å². The van der Waals surface area contributed by atoms with E-state index in [1.807, 2.05) is 0 Å². The zero-order chi connectivity index (χ0) is 12.4. The topological polar surface area (TPSA) is 37.3 Å². The maximum absolute atomic E-state index is 12.0. The van der Waals surface area contributed by atoms with Gasteiger partial charge >= 0.3 is 18.3 Å². The van der Waals surface area contributed by atoms with E-state index in [0.717, 1.165) is 6.92 Å². The summed E-state index contributed by atoms with van der Waals surface area (Å²) in [4.78, 5) is 10.2. The Kier molecular flexibility index (Phi) is 3.78. The Labute approximate surface area is 80.2 Å². The number of halogens is 6. The summed E-state index contributed by atoms with van der Waals surface area (Å²) in [5.74, 6) is -2.22. The van der Waals surface area contributed by atoms with E-state index in [9.17, 15) is 31.1 Å². The third-order valence-electron chi connectivity index (χ3n) is 1.48. The van der Waals surface area contributed by atoms with Crippen LogP contribution in [0.25, 0.3) is 0 Å². The van der Waals surface area contributed by atoms with Gasteiger partial charge in [-0.3, -0.25) is 0 Å². The number of hydrogen-bond acceptors (Lipinski definition) is 1. The molecule has 0 heterocycles. The quantitative estimate of drug-likeness (QED) is 0.591. The van der Waals surface area contributed by atoms with Crippen LogP contribution in [-0.2, 0) is 4.79 Å². The molecule has 8 heteroatoms. The molecule has 15 heavy (non-hydrogen) atoms. The normalized spacial score (nSPS) is 12.5. The molecule has 0 spiro atoms. The molecule has 0 aliphatic carbocycles. The van der Waals surface area contributed by atoms with E-state index < -0.39 is 35.9 Å². The second-order valence-corrected chi connectivity index (χ2v) is 2.51. The van der Waals surface area contributed by atoms with E-state index in [1.54, 1.807) is 0 Å². The van der Waals surface area contributed by atoms with Crippen LogP contribution in [0.3, 0.4) is 0 Å². The van der Waals surface area contributed by atoms with Crippen LogP contribution in [0.4, 0.5) is 26.3 Å². The Morgan fingerprint density at radius 3 is 1.47 bits per heavy atom. The van der Waals surface area contributed by atoms with Crippen molar-refractivity contribution in [3.05, 3.63) is 11.1 Å². The number of carbonyl (C=O) groups is 1. The maximum Gasteiger partial charge on any atom is 0.421 e. The third kappa shape index (κ3) is 3.45. The molecular formula is C7H6F6O2. The van der Waals surface area contributed by atoms with Crippen LogP contribution in [0.15, 0.2) is 11.1 Å². The standard InChI is InChI=1S/C7H6F6O2/c1-2-3(5(14)15)4(6(8,9)10)7(11,12)13/h2H2,1H3,(H,14,15). The summed E-state index contributed by atoms with van der Waals surface area (Å²) in [5, 5.41) is 8.21. The average Bonchev–Trinajstić information content (AvgIpc) is 1.93. The van der Waals surface area contributed by atoms with Gasteiger partial charge in [-0.05, 0) is 6.42 Å². The molecule has 2 nitrogen and oxygen atoms in total. The number of rotatable bonds is 2. The van der Waals surface area contributed by atoms with Crippen LogP contribution in [0.1, 0.15) is 13.3 Å². The lowest BCUT2D eigenvalue weighted by Gasteiger charge is -2.17. The highest BCUT2D eigenvalue weighted by Gasteiger charge is 2.53. The summed E-state index contributed by atoms with van der Waals surface area (Å²) in [6.07, 6.45) is -12.3. The molecule has 0 unspecified atom stereocenters. The van der Waals surface area contributed by atoms with E-state index in [1.165, 1.54) is 0 Å². The number of hydrogen-bond donors (Lipinski definition) is 1. The third-order valence-corrected chi connectivity index (χ3v) is 1.48. The van der Waals surface area contributed by atoms with Crippen molar-refractivity contribution in [3.63, 3.8) is 0 Å². The molecule has 0 aromatic carbocycles. The molecule has 1 N–H and O–H groups in total. The number of carboxylic acid groups (broad SMARTS) is 1. The van der Waals surface area contributed by atoms with Gasteiger partial charge < -0.3 is 5.11 Å². The first-order chi connectivity index (χ1) is 6.51. The molecule has 0 atom stereocenters. The van der Waals surface area contributed by atoms with Crippen LogP contribution in [0.2, 0.25) is 0 Å². The molecule has 0 saturated carbocycles. The van der Waals surface area contributed by atoms with Crippen molar-refractivity contribution in [2.24, 2.45) is 0 Å². The van der Waals surface area contributed by atoms with Gasteiger partial charge in [-0.15, -0.1) is 0 Å². The van der Waals surface area contributed by atoms with Crippen molar-refractivity contribution >= 4 is 5.97 Å². The molecule has 88 valence electrons. The summed E-state index contributed by atoms with van der Waals surface area (Å²) >= 11 is 0. The first kappa shape index (κ1) is 13.8. The van der Waals surface area contributed by atoms with Crippen molar-refractivity contribution in [2.45, 2.75) is 25.7 Å². The zero-order valence-electron chi connectivity index (χ0n) is 7.33. The van der Waals surface area contributed by atoms with Gasteiger partial charge in [-0.1, -0.05) is 6.92 Å². The fourth-order valence-electron chi connectivity index (χ4n) is 0.938. The number of aliphatic carboxylic acids is 1. The molecule has 0 aliphatic rings. The van der Waals surface area contributed by atoms with E-state index in [-0.39, 0.29) is 0 Å². The maximum atomic E-state index is 12.0. The van der Waals surface area contributed by atoms with Crippen LogP contribution in [0.5, 0.6) is 0 Å². The van der Waals surface area contributed by atoms with Gasteiger partial charge in [0.15, 0.2) is 0 Å². The van der Waals surface area contributed by atoms with Crippen molar-refractivity contribution in [1.29, 1.82) is 0 Å². The largest absolute Gasteiger partial charge is 0.478 e. The predicted molar refractivity (Wildman–Crippen MR) is 37.1 cm³/mol. The highest BCUT2D eigenvalue weighted by molar-refractivity contribution is 5.88. The minimum absolute atomic E-state index is 0.857. The lowest BCUT2D eigenvalue weighted by Crippen LogP contribution is -2.29. The van der Waals surface area contributed by atoms with Crippen LogP contribution in [0, 0.1) is 0 Å². The molecular weight excluding hydrogens is 230 g/mol. The van der Waals surface area contributed by atoms with Gasteiger partial charge in [0.05, 0.1) is 5.57 Å². The van der Waals surface area contributed by atoms with Crippen LogP contribution >= 0.6 is 0 Å². The van der Waals surface area contributed by atoms with Gasteiger partial charge in [0, 0.05) is 0 Å². The highest BCUT2D eigenvalue weighted by atomic mass is 19.4. The molecule has 0 saturated heterocycles. The molecule has 0 rings (SSSR count). The number of alkyl halides is 6. The summed E-state index contributed by atoms with van der Waals surface area (Å²) in [5.41, 5.74) is -4.64. The second-order valence-electron chi connectivity index (χ2n) is 2.51. The molecule has 0 aromatic heterocycles. The highest BCUT2D eigenvalue weighted by Crippen LogP contribution is 2.41. The van der Waals surface area contributed by atoms with E-state index in [4.69, 9.17) is 5.11 Å². The van der Waals surface area contributed by atoms with E-state index in [0.29, 0.717) is 0 Å². The predicted octanol–water partition coefficient (Wildman–Crippen LogP) is 2.90. The Hall–Kier alpha value is -1.21. The van der Waals surface area contributed by atoms with Gasteiger partial charge in [-0.2, -0.15) is 26.3 Å². The Balaban J connectivity index is 5.76. The van der Waals surface area contributed by atoms with Crippen molar-refractivity contribution in [2.75, 3.05) is 0 Å². The smallest absolute Gasteiger partial charge is 0.421 e. The molecule has 0 aromatic rings. The van der Waals surface area contributed by atoms with Gasteiger partial charge in [0.1, 0.15) is 5.57 Å². The summed E-state index contributed by atoms with van der Waals surface area (Å²) in [7, 11) is 0. The molecule has 0 fully saturated rings. The number of allylic oxidation sites excluding steroid dienone is 1. The Morgan fingerprint density at radius 2 is 1.40 bits per heavy atom. The molecule has 0 amide bonds. The Morgan fingerprint density at radius 1 is 1.07 bits per heavy atom. The second kappa shape index (κ2) is 4.11. The lowest BCUT2D eigenvalue weighted by molar-refractivity contribution is -0.175. The SMILES string of the molecule is CCC(C(=O)O)=C(C(F)(F)F)C(F)(F)F. The average molecular weight is 236 g/mol. The van der Waals surface area contributed by atoms with Gasteiger partial charge in [0.25, 0.3) is 0 Å². The van der Waals surface area contributed by atoms with Gasteiger partial charge in [0.2, 0.25) is 0 Å². The zero-order valence-corrected chi connectivity index (χ0v) is 7.33. The van der Waals surface area contributed by atoms with Crippen molar-refractivity contribution in [1.82, 2.24) is 0 Å². The molecule has 0 aliphatic heterocycles. The minimum atomic E-state index is -5.72. The van der Waals surface area contributed by atoms with E-state index in [2.05, 4.69) is 0 Å².